The fraction of sp³-hybridized carbons (Fsp3) is 0.250. The third kappa shape index (κ3) is 2.42. The Morgan fingerprint density at radius 3 is 1.15 bits per heavy atom. The number of hydrogen-bond donors (Lipinski definition) is 0. The predicted molar refractivity (Wildman–Crippen MR) is 70.3 cm³/mol. The minimum Gasteiger partial charge on any atom is -0.223 e. The van der Waals surface area contributed by atoms with Crippen LogP contribution in [-0.2, 0) is 5.67 Å². The van der Waals surface area contributed by atoms with Crippen LogP contribution in [0.2, 0.25) is 0 Å². The van der Waals surface area contributed by atoms with Gasteiger partial charge in [-0.3, -0.25) is 0 Å². The van der Waals surface area contributed by atoms with Crippen LogP contribution in [0.5, 0.6) is 0 Å². The summed E-state index contributed by atoms with van der Waals surface area (Å²) in [6, 6.07) is 10.6. The summed E-state index contributed by atoms with van der Waals surface area (Å²) in [5, 5.41) is 0. The lowest BCUT2D eigenvalue weighted by molar-refractivity contribution is -0.219. The highest BCUT2D eigenvalue weighted by molar-refractivity contribution is 5.40. The molecule has 0 aliphatic carbocycles. The first-order valence-electron chi connectivity index (χ1n) is 6.15. The smallest absolute Gasteiger partial charge is 0.223 e. The van der Waals surface area contributed by atoms with E-state index in [4.69, 9.17) is 0 Å². The molecule has 106 valence electrons. The van der Waals surface area contributed by atoms with Gasteiger partial charge in [0, 0.05) is 11.1 Å². The van der Waals surface area contributed by atoms with Gasteiger partial charge in [-0.2, -0.15) is 13.2 Å². The molecule has 0 N–H and O–H groups in total. The minimum absolute atomic E-state index is 0.403. The van der Waals surface area contributed by atoms with Crippen LogP contribution in [0.15, 0.2) is 48.5 Å². The van der Waals surface area contributed by atoms with E-state index in [1.54, 1.807) is 13.8 Å². The van der Waals surface area contributed by atoms with E-state index in [0.29, 0.717) is 0 Å². The van der Waals surface area contributed by atoms with Crippen molar-refractivity contribution in [1.29, 1.82) is 0 Å². The molecule has 0 aliphatic rings. The van der Waals surface area contributed by atoms with Gasteiger partial charge in [-0.05, 0) is 13.8 Å². The Morgan fingerprint density at radius 2 is 0.900 bits per heavy atom. The topological polar surface area (TPSA) is 0 Å². The second-order valence-corrected chi connectivity index (χ2v) is 4.89. The molecule has 0 saturated carbocycles. The molecule has 0 bridgehead atoms. The summed E-state index contributed by atoms with van der Waals surface area (Å²) in [6.07, 6.45) is -5.02. The summed E-state index contributed by atoms with van der Waals surface area (Å²) >= 11 is 0. The van der Waals surface area contributed by atoms with E-state index in [2.05, 4.69) is 0 Å². The SMILES string of the molecule is Cc1ccc(C(F)(c2ccc(C)cc2)C(F)(F)F)cc1. The number of benzene rings is 2. The van der Waals surface area contributed by atoms with Crippen molar-refractivity contribution in [3.63, 3.8) is 0 Å². The maximum absolute atomic E-state index is 14.9. The molecule has 2 aromatic carbocycles. The van der Waals surface area contributed by atoms with E-state index >= 15 is 0 Å². The van der Waals surface area contributed by atoms with Gasteiger partial charge in [0.25, 0.3) is 5.67 Å². The first-order chi connectivity index (χ1) is 9.25. The highest BCUT2D eigenvalue weighted by atomic mass is 19.4. The number of hydrogen-bond acceptors (Lipinski definition) is 0. The molecule has 2 rings (SSSR count). The molecular weight excluding hydrogens is 268 g/mol. The van der Waals surface area contributed by atoms with Crippen LogP contribution in [-0.4, -0.2) is 6.18 Å². The van der Waals surface area contributed by atoms with Crippen molar-refractivity contribution >= 4 is 0 Å². The Bertz CT molecular complexity index is 534. The van der Waals surface area contributed by atoms with Crippen LogP contribution in [0.4, 0.5) is 17.6 Å². The average molecular weight is 282 g/mol. The van der Waals surface area contributed by atoms with Crippen LogP contribution < -0.4 is 0 Å². The Hall–Kier alpha value is -1.84. The molecule has 0 aromatic heterocycles. The number of halogens is 4. The first-order valence-corrected chi connectivity index (χ1v) is 6.15. The summed E-state index contributed by atoms with van der Waals surface area (Å²) in [6.45, 7) is 3.48. The molecule has 0 saturated heterocycles. The Labute approximate surface area is 115 Å². The fourth-order valence-corrected chi connectivity index (χ4v) is 2.06. The highest BCUT2D eigenvalue weighted by Gasteiger charge is 2.58. The van der Waals surface area contributed by atoms with E-state index in [9.17, 15) is 17.6 Å². The maximum Gasteiger partial charge on any atom is 0.431 e. The van der Waals surface area contributed by atoms with Gasteiger partial charge in [-0.15, -0.1) is 0 Å². The van der Waals surface area contributed by atoms with Gasteiger partial charge in [-0.25, -0.2) is 4.39 Å². The molecule has 4 heteroatoms. The van der Waals surface area contributed by atoms with Crippen LogP contribution >= 0.6 is 0 Å². The highest BCUT2D eigenvalue weighted by Crippen LogP contribution is 2.47. The van der Waals surface area contributed by atoms with Crippen LogP contribution in [0.3, 0.4) is 0 Å². The summed E-state index contributed by atoms with van der Waals surface area (Å²) in [5.41, 5.74) is -2.74. The number of rotatable bonds is 2. The van der Waals surface area contributed by atoms with E-state index < -0.39 is 23.0 Å². The quantitative estimate of drug-likeness (QED) is 0.674. The lowest BCUT2D eigenvalue weighted by Gasteiger charge is -2.29. The normalized spacial score (nSPS) is 12.5. The van der Waals surface area contributed by atoms with E-state index in [1.165, 1.54) is 48.5 Å². The number of alkyl halides is 4. The molecule has 2 aromatic rings. The van der Waals surface area contributed by atoms with Gasteiger partial charge in [0.1, 0.15) is 0 Å². The zero-order valence-corrected chi connectivity index (χ0v) is 11.1. The molecule has 20 heavy (non-hydrogen) atoms. The third-order valence-electron chi connectivity index (χ3n) is 3.29. The van der Waals surface area contributed by atoms with E-state index in [-0.39, 0.29) is 0 Å². The molecule has 0 unspecified atom stereocenters. The number of aryl methyl sites for hydroxylation is 2. The average Bonchev–Trinajstić information content (AvgIpc) is 2.38. The van der Waals surface area contributed by atoms with Crippen LogP contribution in [0, 0.1) is 13.8 Å². The van der Waals surface area contributed by atoms with Gasteiger partial charge in [0.2, 0.25) is 0 Å². The summed E-state index contributed by atoms with van der Waals surface area (Å²) < 4.78 is 54.8. The fourth-order valence-electron chi connectivity index (χ4n) is 2.06. The maximum atomic E-state index is 14.9. The Morgan fingerprint density at radius 1 is 0.600 bits per heavy atom. The molecule has 0 nitrogen and oxygen atoms in total. The van der Waals surface area contributed by atoms with Crippen molar-refractivity contribution in [3.8, 4) is 0 Å². The zero-order chi connectivity index (χ0) is 15.0. The van der Waals surface area contributed by atoms with Crippen LogP contribution in [0.25, 0.3) is 0 Å². The Kier molecular flexibility index (Phi) is 3.59. The van der Waals surface area contributed by atoms with Crippen molar-refractivity contribution in [1.82, 2.24) is 0 Å². The van der Waals surface area contributed by atoms with Crippen molar-refractivity contribution in [2.75, 3.05) is 0 Å². The van der Waals surface area contributed by atoms with Gasteiger partial charge in [0.15, 0.2) is 0 Å². The van der Waals surface area contributed by atoms with Crippen molar-refractivity contribution < 1.29 is 17.6 Å². The van der Waals surface area contributed by atoms with Crippen molar-refractivity contribution in [2.45, 2.75) is 25.7 Å². The standard InChI is InChI=1S/C16H14F4/c1-11-3-7-13(8-4-11)15(17,16(18,19)20)14-9-5-12(2)6-10-14/h3-10H,1-2H3. The van der Waals surface area contributed by atoms with Gasteiger partial charge in [-0.1, -0.05) is 59.7 Å². The van der Waals surface area contributed by atoms with Crippen molar-refractivity contribution in [2.24, 2.45) is 0 Å². The summed E-state index contributed by atoms with van der Waals surface area (Å²) in [4.78, 5) is 0. The lowest BCUT2D eigenvalue weighted by atomic mass is 9.86. The zero-order valence-electron chi connectivity index (χ0n) is 11.1. The molecule has 0 atom stereocenters. The van der Waals surface area contributed by atoms with Crippen molar-refractivity contribution in [3.05, 3.63) is 70.8 Å². The monoisotopic (exact) mass is 282 g/mol. The largest absolute Gasteiger partial charge is 0.431 e. The second-order valence-electron chi connectivity index (χ2n) is 4.89. The predicted octanol–water partition coefficient (Wildman–Crippen LogP) is 5.08. The van der Waals surface area contributed by atoms with Gasteiger partial charge < -0.3 is 0 Å². The van der Waals surface area contributed by atoms with Gasteiger partial charge in [0.05, 0.1) is 0 Å². The van der Waals surface area contributed by atoms with E-state index in [0.717, 1.165) is 11.1 Å². The molecule has 0 heterocycles. The first kappa shape index (κ1) is 14.6. The molecule has 0 amide bonds. The van der Waals surface area contributed by atoms with E-state index in [1.807, 2.05) is 0 Å². The van der Waals surface area contributed by atoms with Gasteiger partial charge >= 0.3 is 6.18 Å². The summed E-state index contributed by atoms with van der Waals surface area (Å²) in [5.74, 6) is 0. The van der Waals surface area contributed by atoms with Crippen LogP contribution in [0.1, 0.15) is 22.3 Å². The molecule has 0 radical (unpaired) electrons. The molecule has 0 spiro atoms. The summed E-state index contributed by atoms with van der Waals surface area (Å²) in [7, 11) is 0. The molecular formula is C16H14F4. The minimum atomic E-state index is -5.02. The Balaban J connectivity index is 2.62. The molecule has 0 fully saturated rings. The lowest BCUT2D eigenvalue weighted by Crippen LogP contribution is -2.39. The third-order valence-corrected chi connectivity index (χ3v) is 3.29. The second kappa shape index (κ2) is 4.93. The molecule has 0 aliphatic heterocycles.